The molecule has 1 saturated carbocycles. The summed E-state index contributed by atoms with van der Waals surface area (Å²) in [6.45, 7) is 0. The van der Waals surface area contributed by atoms with Crippen molar-refractivity contribution in [1.82, 2.24) is 0 Å². The smallest absolute Gasteiger partial charge is 0.318 e. The summed E-state index contributed by atoms with van der Waals surface area (Å²) >= 11 is 0. The molecule has 0 aromatic carbocycles. The van der Waals surface area contributed by atoms with Gasteiger partial charge in [0.05, 0.1) is 11.8 Å². The van der Waals surface area contributed by atoms with Crippen LogP contribution in [-0.4, -0.2) is 11.9 Å². The second kappa shape index (κ2) is 3.20. The van der Waals surface area contributed by atoms with E-state index in [0.717, 1.165) is 0 Å². The van der Waals surface area contributed by atoms with Gasteiger partial charge in [-0.1, -0.05) is 23.3 Å². The number of hydrogen-bond donors (Lipinski definition) is 0. The van der Waals surface area contributed by atoms with Gasteiger partial charge in [-0.3, -0.25) is 9.59 Å². The number of rotatable bonds is 0. The molecule has 0 radical (unpaired) electrons. The van der Waals surface area contributed by atoms with E-state index in [1.165, 1.54) is 25.7 Å². The summed E-state index contributed by atoms with van der Waals surface area (Å²) < 4.78 is 4.93. The highest BCUT2D eigenvalue weighted by atomic mass is 16.6. The minimum absolute atomic E-state index is 0.181. The van der Waals surface area contributed by atoms with Crippen LogP contribution in [0, 0.1) is 35.5 Å². The van der Waals surface area contributed by atoms with Gasteiger partial charge in [-0.15, -0.1) is 0 Å². The fourth-order valence-corrected chi connectivity index (χ4v) is 5.50. The van der Waals surface area contributed by atoms with Gasteiger partial charge in [0.1, 0.15) is 0 Å². The maximum Gasteiger partial charge on any atom is 0.318 e. The van der Waals surface area contributed by atoms with Gasteiger partial charge in [0.15, 0.2) is 0 Å². The largest absolute Gasteiger partial charge is 0.393 e. The quantitative estimate of drug-likeness (QED) is 0.379. The first-order valence-electron chi connectivity index (χ1n) is 7.43. The van der Waals surface area contributed by atoms with Crippen LogP contribution < -0.4 is 0 Å². The molecule has 0 N–H and O–H groups in total. The summed E-state index contributed by atoms with van der Waals surface area (Å²) in [6, 6.07) is 0. The first-order valence-corrected chi connectivity index (χ1v) is 7.43. The number of esters is 2. The molecule has 6 atom stereocenters. The zero-order chi connectivity index (χ0) is 12.7. The highest BCUT2D eigenvalue weighted by Crippen LogP contribution is 2.65. The van der Waals surface area contributed by atoms with Gasteiger partial charge in [0.2, 0.25) is 0 Å². The molecular formula is C16H16O3. The highest BCUT2D eigenvalue weighted by molar-refractivity contribution is 5.98. The zero-order valence-electron chi connectivity index (χ0n) is 10.7. The van der Waals surface area contributed by atoms with Gasteiger partial charge in [-0.05, 0) is 49.4 Å². The van der Waals surface area contributed by atoms with Crippen molar-refractivity contribution < 1.29 is 14.3 Å². The molecule has 2 fully saturated rings. The second-order valence-electron chi connectivity index (χ2n) is 6.64. The molecule has 3 nitrogen and oxygen atoms in total. The van der Waals surface area contributed by atoms with Gasteiger partial charge in [0, 0.05) is 0 Å². The monoisotopic (exact) mass is 256 g/mol. The van der Waals surface area contributed by atoms with Crippen molar-refractivity contribution in [3.63, 3.8) is 0 Å². The second-order valence-corrected chi connectivity index (χ2v) is 6.64. The van der Waals surface area contributed by atoms with Crippen LogP contribution in [0.5, 0.6) is 0 Å². The Kier molecular flexibility index (Phi) is 1.75. The van der Waals surface area contributed by atoms with E-state index in [1.54, 1.807) is 11.1 Å². The van der Waals surface area contributed by atoms with Gasteiger partial charge in [0.25, 0.3) is 0 Å². The molecule has 98 valence electrons. The molecule has 6 rings (SSSR count). The highest BCUT2D eigenvalue weighted by Gasteiger charge is 2.65. The predicted molar refractivity (Wildman–Crippen MR) is 66.7 cm³/mol. The molecule has 0 unspecified atom stereocenters. The van der Waals surface area contributed by atoms with Crippen LogP contribution in [0.15, 0.2) is 23.3 Å². The first-order chi connectivity index (χ1) is 9.27. The number of carbonyl (C=O) groups excluding carboxylic acids is 2. The van der Waals surface area contributed by atoms with Crippen molar-refractivity contribution in [2.45, 2.75) is 25.7 Å². The van der Waals surface area contributed by atoms with E-state index in [9.17, 15) is 9.59 Å². The van der Waals surface area contributed by atoms with Crippen LogP contribution in [0.25, 0.3) is 0 Å². The molecule has 0 aromatic heterocycles. The van der Waals surface area contributed by atoms with Crippen LogP contribution >= 0.6 is 0 Å². The SMILES string of the molecule is O=C1OC(=O)[C@H]2[C@@H]3C=C[C@H]([C@@H]12)[C@H]1C2=C(CCCC2)[C@@H]31. The maximum absolute atomic E-state index is 12.0. The summed E-state index contributed by atoms with van der Waals surface area (Å²) in [5.41, 5.74) is 3.25. The van der Waals surface area contributed by atoms with Crippen LogP contribution in [-0.2, 0) is 14.3 Å². The van der Waals surface area contributed by atoms with Gasteiger partial charge >= 0.3 is 11.9 Å². The summed E-state index contributed by atoms with van der Waals surface area (Å²) in [5, 5.41) is 0. The topological polar surface area (TPSA) is 43.4 Å². The minimum Gasteiger partial charge on any atom is -0.393 e. The van der Waals surface area contributed by atoms with E-state index in [2.05, 4.69) is 12.2 Å². The average molecular weight is 256 g/mol. The Balaban J connectivity index is 1.64. The molecule has 19 heavy (non-hydrogen) atoms. The number of allylic oxidation sites excluding steroid dienone is 4. The zero-order valence-corrected chi connectivity index (χ0v) is 10.7. The van der Waals surface area contributed by atoms with Crippen LogP contribution in [0.3, 0.4) is 0 Å². The van der Waals surface area contributed by atoms with Crippen molar-refractivity contribution in [2.75, 3.05) is 0 Å². The summed E-state index contributed by atoms with van der Waals surface area (Å²) in [4.78, 5) is 23.9. The number of carbonyl (C=O) groups is 2. The average Bonchev–Trinajstić information content (AvgIpc) is 2.72. The van der Waals surface area contributed by atoms with Crippen molar-refractivity contribution in [3.8, 4) is 0 Å². The summed E-state index contributed by atoms with van der Waals surface area (Å²) in [7, 11) is 0. The Morgan fingerprint density at radius 2 is 1.26 bits per heavy atom. The molecule has 3 heteroatoms. The van der Waals surface area contributed by atoms with Crippen molar-refractivity contribution >= 4 is 11.9 Å². The van der Waals surface area contributed by atoms with E-state index in [-0.39, 0.29) is 35.6 Å². The maximum atomic E-state index is 12.0. The van der Waals surface area contributed by atoms with E-state index in [0.29, 0.717) is 11.8 Å². The Hall–Kier alpha value is -1.38. The van der Waals surface area contributed by atoms with Crippen molar-refractivity contribution in [3.05, 3.63) is 23.3 Å². The molecule has 1 aliphatic heterocycles. The fourth-order valence-electron chi connectivity index (χ4n) is 5.50. The summed E-state index contributed by atoms with van der Waals surface area (Å²) in [5.74, 6) is 0.663. The first kappa shape index (κ1) is 10.4. The fraction of sp³-hybridized carbons (Fsp3) is 0.625. The van der Waals surface area contributed by atoms with Gasteiger partial charge < -0.3 is 4.74 Å². The Morgan fingerprint density at radius 1 is 0.789 bits per heavy atom. The van der Waals surface area contributed by atoms with E-state index in [1.807, 2.05) is 0 Å². The number of cyclic esters (lactones) is 2. The van der Waals surface area contributed by atoms with Crippen molar-refractivity contribution in [2.24, 2.45) is 35.5 Å². The minimum atomic E-state index is -0.266. The third-order valence-corrected chi connectivity index (χ3v) is 6.09. The molecule has 6 aliphatic rings. The van der Waals surface area contributed by atoms with Gasteiger partial charge in [-0.2, -0.15) is 0 Å². The lowest BCUT2D eigenvalue weighted by Gasteiger charge is -2.58. The third-order valence-electron chi connectivity index (χ3n) is 6.09. The molecule has 2 bridgehead atoms. The van der Waals surface area contributed by atoms with Crippen LogP contribution in [0.4, 0.5) is 0 Å². The normalized spacial score (nSPS) is 49.5. The lowest BCUT2D eigenvalue weighted by atomic mass is 9.44. The number of hydrogen-bond acceptors (Lipinski definition) is 3. The Morgan fingerprint density at radius 3 is 1.74 bits per heavy atom. The van der Waals surface area contributed by atoms with E-state index < -0.39 is 0 Å². The molecule has 0 amide bonds. The molecule has 0 spiro atoms. The standard InChI is InChI=1S/C16H16O3/c17-15-13-9-5-6-10(14(13)16(18)19-15)12-8-4-2-1-3-7(8)11(9)12/h5-6,9-14H,1-4H2/t9-,10+,11+,12-,13+,14-. The predicted octanol–water partition coefficient (Wildman–Crippen LogP) is 2.23. The molecule has 0 aromatic rings. The molecule has 5 aliphatic carbocycles. The third kappa shape index (κ3) is 1.03. The lowest BCUT2D eigenvalue weighted by Crippen LogP contribution is -2.55. The van der Waals surface area contributed by atoms with Gasteiger partial charge in [-0.25, -0.2) is 0 Å². The molecule has 1 heterocycles. The van der Waals surface area contributed by atoms with Crippen molar-refractivity contribution in [1.29, 1.82) is 0 Å². The van der Waals surface area contributed by atoms with E-state index >= 15 is 0 Å². The Bertz CT molecular complexity index is 523. The summed E-state index contributed by atoms with van der Waals surface area (Å²) in [6.07, 6.45) is 9.42. The lowest BCUT2D eigenvalue weighted by molar-refractivity contribution is -0.154. The van der Waals surface area contributed by atoms with Crippen LogP contribution in [0.2, 0.25) is 0 Å². The van der Waals surface area contributed by atoms with Crippen LogP contribution in [0.1, 0.15) is 25.7 Å². The molecule has 1 saturated heterocycles. The number of ether oxygens (including phenoxy) is 1. The molecular weight excluding hydrogens is 240 g/mol. The Labute approximate surface area is 111 Å². The van der Waals surface area contributed by atoms with E-state index in [4.69, 9.17) is 4.74 Å².